The smallest absolute Gasteiger partial charge is 0.225 e. The number of hydrogen-bond acceptors (Lipinski definition) is 5. The van der Waals surface area contributed by atoms with Gasteiger partial charge in [-0.05, 0) is 68.7 Å². The molecule has 2 N–H and O–H groups in total. The summed E-state index contributed by atoms with van der Waals surface area (Å²) in [6.45, 7) is 4.83. The molecule has 0 spiro atoms. The van der Waals surface area contributed by atoms with Crippen molar-refractivity contribution in [3.8, 4) is 0 Å². The molecule has 2 aromatic rings. The highest BCUT2D eigenvalue weighted by atomic mass is 15.2. The lowest BCUT2D eigenvalue weighted by Crippen LogP contribution is -2.34. The van der Waals surface area contributed by atoms with Crippen LogP contribution in [0.25, 0.3) is 10.9 Å². The third-order valence-corrected chi connectivity index (χ3v) is 7.54. The monoisotopic (exact) mass is 423 g/mol. The lowest BCUT2D eigenvalue weighted by atomic mass is 9.80. The Bertz CT molecular complexity index is 822. The molecule has 1 aromatic carbocycles. The van der Waals surface area contributed by atoms with Crippen molar-refractivity contribution in [2.24, 2.45) is 17.8 Å². The molecule has 0 radical (unpaired) electrons. The molecule has 31 heavy (non-hydrogen) atoms. The van der Waals surface area contributed by atoms with Crippen molar-refractivity contribution in [3.63, 3.8) is 0 Å². The molecule has 0 bridgehead atoms. The summed E-state index contributed by atoms with van der Waals surface area (Å²) in [7, 11) is 4.10. The van der Waals surface area contributed by atoms with Crippen LogP contribution in [0, 0.1) is 17.8 Å². The third-order valence-electron chi connectivity index (χ3n) is 7.54. The van der Waals surface area contributed by atoms with Gasteiger partial charge in [-0.1, -0.05) is 51.2 Å². The number of nitrogens with zero attached hydrogens (tertiary/aromatic N) is 3. The summed E-state index contributed by atoms with van der Waals surface area (Å²) in [4.78, 5) is 11.7. The summed E-state index contributed by atoms with van der Waals surface area (Å²) in [6.07, 6.45) is 12.2. The molecule has 0 amide bonds. The fourth-order valence-electron chi connectivity index (χ4n) is 5.54. The predicted octanol–water partition coefficient (Wildman–Crippen LogP) is 5.47. The number of benzene rings is 1. The van der Waals surface area contributed by atoms with Gasteiger partial charge in [0.25, 0.3) is 0 Å². The van der Waals surface area contributed by atoms with Gasteiger partial charge in [0.2, 0.25) is 5.95 Å². The Morgan fingerprint density at radius 3 is 2.45 bits per heavy atom. The molecule has 5 nitrogen and oxygen atoms in total. The van der Waals surface area contributed by atoms with Crippen LogP contribution >= 0.6 is 0 Å². The van der Waals surface area contributed by atoms with Crippen LogP contribution in [0.3, 0.4) is 0 Å². The molecule has 1 unspecified atom stereocenters. The second-order valence-corrected chi connectivity index (χ2v) is 10.2. The van der Waals surface area contributed by atoms with E-state index in [4.69, 9.17) is 9.97 Å². The van der Waals surface area contributed by atoms with Crippen LogP contribution < -0.4 is 15.5 Å². The minimum Gasteiger partial charge on any atom is -0.362 e. The maximum atomic E-state index is 4.82. The third kappa shape index (κ3) is 5.88. The van der Waals surface area contributed by atoms with E-state index in [1.807, 2.05) is 20.2 Å². The number of nitrogens with one attached hydrogen (secondary N) is 2. The average Bonchev–Trinajstić information content (AvgIpc) is 2.80. The molecule has 0 saturated heterocycles. The van der Waals surface area contributed by atoms with Crippen molar-refractivity contribution < 1.29 is 0 Å². The Morgan fingerprint density at radius 1 is 0.968 bits per heavy atom. The normalized spacial score (nSPS) is 23.6. The summed E-state index contributed by atoms with van der Waals surface area (Å²) in [5.41, 5.74) is 1.01. The van der Waals surface area contributed by atoms with Gasteiger partial charge in [0, 0.05) is 25.5 Å². The van der Waals surface area contributed by atoms with Gasteiger partial charge in [0.15, 0.2) is 0 Å². The largest absolute Gasteiger partial charge is 0.362 e. The van der Waals surface area contributed by atoms with Crippen molar-refractivity contribution in [2.45, 2.75) is 70.8 Å². The van der Waals surface area contributed by atoms with E-state index in [9.17, 15) is 0 Å². The quantitative estimate of drug-likeness (QED) is 0.589. The lowest BCUT2D eigenvalue weighted by Gasteiger charge is -2.31. The van der Waals surface area contributed by atoms with Gasteiger partial charge in [-0.2, -0.15) is 4.98 Å². The van der Waals surface area contributed by atoms with Gasteiger partial charge >= 0.3 is 0 Å². The summed E-state index contributed by atoms with van der Waals surface area (Å²) in [6, 6.07) is 8.75. The van der Waals surface area contributed by atoms with E-state index in [1.165, 1.54) is 70.9 Å². The van der Waals surface area contributed by atoms with Crippen LogP contribution in [-0.2, 0) is 0 Å². The first kappa shape index (κ1) is 22.3. The summed E-state index contributed by atoms with van der Waals surface area (Å²) >= 11 is 0. The lowest BCUT2D eigenvalue weighted by molar-refractivity contribution is 0.247. The van der Waals surface area contributed by atoms with E-state index in [0.717, 1.165) is 40.4 Å². The molecule has 2 fully saturated rings. The highest BCUT2D eigenvalue weighted by Crippen LogP contribution is 2.30. The van der Waals surface area contributed by atoms with E-state index in [1.54, 1.807) is 0 Å². The van der Waals surface area contributed by atoms with Crippen LogP contribution in [0.4, 0.5) is 11.8 Å². The van der Waals surface area contributed by atoms with Gasteiger partial charge in [0.05, 0.1) is 5.52 Å². The van der Waals surface area contributed by atoms with E-state index < -0.39 is 0 Å². The molecule has 2 aliphatic rings. The highest BCUT2D eigenvalue weighted by molar-refractivity contribution is 5.90. The minimum absolute atomic E-state index is 0.480. The van der Waals surface area contributed by atoms with Gasteiger partial charge in [-0.25, -0.2) is 4.98 Å². The molecule has 1 aromatic heterocycles. The number of anilines is 2. The number of para-hydroxylation sites is 1. The zero-order valence-corrected chi connectivity index (χ0v) is 19.7. The first-order valence-corrected chi connectivity index (χ1v) is 12.5. The molecular formula is C26H41N5. The fraction of sp³-hybridized carbons (Fsp3) is 0.692. The Balaban J connectivity index is 1.24. The molecule has 5 heteroatoms. The van der Waals surface area contributed by atoms with Crippen molar-refractivity contribution >= 4 is 22.7 Å². The number of hydrogen-bond donors (Lipinski definition) is 2. The van der Waals surface area contributed by atoms with E-state index >= 15 is 0 Å². The topological polar surface area (TPSA) is 53.1 Å². The van der Waals surface area contributed by atoms with Crippen molar-refractivity contribution in [1.29, 1.82) is 0 Å². The van der Waals surface area contributed by atoms with Crippen LogP contribution in [0.5, 0.6) is 0 Å². The SMILES string of the molecule is CC(CNC[C@H]1CC[C@@H](Nc2nc(N(C)C)c3ccccc3n2)CC1)C1CCCCC1. The molecule has 0 aliphatic heterocycles. The zero-order chi connectivity index (χ0) is 21.6. The molecule has 2 aliphatic carbocycles. The summed E-state index contributed by atoms with van der Waals surface area (Å²) in [5.74, 6) is 4.35. The first-order valence-electron chi connectivity index (χ1n) is 12.5. The van der Waals surface area contributed by atoms with Crippen LogP contribution in [-0.4, -0.2) is 43.2 Å². The van der Waals surface area contributed by atoms with Gasteiger partial charge in [-0.3, -0.25) is 0 Å². The number of rotatable bonds is 8. The minimum atomic E-state index is 0.480. The van der Waals surface area contributed by atoms with E-state index in [0.29, 0.717) is 6.04 Å². The molecule has 4 rings (SSSR count). The molecule has 2 saturated carbocycles. The van der Waals surface area contributed by atoms with Crippen LogP contribution in [0.1, 0.15) is 64.7 Å². The standard InChI is InChI=1S/C26H41N5/c1-19(21-9-5-4-6-10-21)17-27-18-20-13-15-22(16-14-20)28-26-29-24-12-8-7-11-23(24)25(30-26)31(2)3/h7-8,11-12,19-22,27H,4-6,9-10,13-18H2,1-3H3,(H,28,29,30)/t19?,20-,22+. The second kappa shape index (κ2) is 10.6. The molecule has 1 atom stereocenters. The van der Waals surface area contributed by atoms with E-state index in [-0.39, 0.29) is 0 Å². The zero-order valence-electron chi connectivity index (χ0n) is 19.7. The van der Waals surface area contributed by atoms with E-state index in [2.05, 4.69) is 40.7 Å². The summed E-state index contributed by atoms with van der Waals surface area (Å²) in [5, 5.41) is 8.55. The molecule has 170 valence electrons. The van der Waals surface area contributed by atoms with Gasteiger partial charge < -0.3 is 15.5 Å². The Morgan fingerprint density at radius 2 is 1.71 bits per heavy atom. The van der Waals surface area contributed by atoms with Crippen LogP contribution in [0.15, 0.2) is 24.3 Å². The molecular weight excluding hydrogens is 382 g/mol. The van der Waals surface area contributed by atoms with Gasteiger partial charge in [-0.15, -0.1) is 0 Å². The number of fused-ring (bicyclic) bond motifs is 1. The van der Waals surface area contributed by atoms with Crippen molar-refractivity contribution in [1.82, 2.24) is 15.3 Å². The van der Waals surface area contributed by atoms with Crippen molar-refractivity contribution in [3.05, 3.63) is 24.3 Å². The van der Waals surface area contributed by atoms with Gasteiger partial charge in [0.1, 0.15) is 5.82 Å². The fourth-order valence-corrected chi connectivity index (χ4v) is 5.54. The average molecular weight is 424 g/mol. The van der Waals surface area contributed by atoms with Crippen molar-refractivity contribution in [2.75, 3.05) is 37.4 Å². The maximum absolute atomic E-state index is 4.82. The Kier molecular flexibility index (Phi) is 7.65. The Labute approximate surface area is 188 Å². The Hall–Kier alpha value is -1.88. The highest BCUT2D eigenvalue weighted by Gasteiger charge is 2.23. The molecule has 1 heterocycles. The number of aromatic nitrogens is 2. The summed E-state index contributed by atoms with van der Waals surface area (Å²) < 4.78 is 0. The first-order chi connectivity index (χ1) is 15.1. The van der Waals surface area contributed by atoms with Crippen LogP contribution in [0.2, 0.25) is 0 Å². The maximum Gasteiger partial charge on any atom is 0.225 e. The predicted molar refractivity (Wildman–Crippen MR) is 132 cm³/mol. The second-order valence-electron chi connectivity index (χ2n) is 10.2.